The van der Waals surface area contributed by atoms with Gasteiger partial charge in [-0.3, -0.25) is 9.52 Å². The molecule has 2 aromatic rings. The molecule has 11 heteroatoms. The van der Waals surface area contributed by atoms with Gasteiger partial charge in [-0.1, -0.05) is 25.1 Å². The van der Waals surface area contributed by atoms with Gasteiger partial charge in [-0.2, -0.15) is 0 Å². The SMILES string of the molecule is C[C@H](CO)N1C[C@H](C)[C@H](CN(C)C(=O)Nc2ccccc2)Oc2ccc(NS(C)(=O)=O)cc2C1=O. The van der Waals surface area contributed by atoms with Crippen molar-refractivity contribution in [3.05, 3.63) is 54.1 Å². The third-order valence-electron chi connectivity index (χ3n) is 5.79. The van der Waals surface area contributed by atoms with E-state index in [-0.39, 0.29) is 54.6 Å². The van der Waals surface area contributed by atoms with Gasteiger partial charge in [-0.05, 0) is 37.3 Å². The van der Waals surface area contributed by atoms with Crippen molar-refractivity contribution >= 4 is 33.3 Å². The van der Waals surface area contributed by atoms with Crippen LogP contribution in [-0.2, 0) is 10.0 Å². The van der Waals surface area contributed by atoms with Crippen molar-refractivity contribution in [3.63, 3.8) is 0 Å². The van der Waals surface area contributed by atoms with Crippen molar-refractivity contribution in [2.75, 3.05) is 43.0 Å². The molecule has 10 nitrogen and oxygen atoms in total. The van der Waals surface area contributed by atoms with E-state index in [0.29, 0.717) is 5.69 Å². The zero-order valence-electron chi connectivity index (χ0n) is 20.3. The monoisotopic (exact) mass is 504 g/mol. The first kappa shape index (κ1) is 26.3. The molecule has 3 rings (SSSR count). The van der Waals surface area contributed by atoms with Crippen LogP contribution in [-0.4, -0.2) is 80.4 Å². The molecule has 35 heavy (non-hydrogen) atoms. The van der Waals surface area contributed by atoms with E-state index in [0.717, 1.165) is 6.26 Å². The number of carbonyl (C=O) groups excluding carboxylic acids is 2. The number of fused-ring (bicyclic) bond motifs is 1. The van der Waals surface area contributed by atoms with Crippen molar-refractivity contribution in [2.24, 2.45) is 5.92 Å². The van der Waals surface area contributed by atoms with Gasteiger partial charge < -0.3 is 25.0 Å². The second-order valence-corrected chi connectivity index (χ2v) is 10.6. The van der Waals surface area contributed by atoms with E-state index in [1.807, 2.05) is 25.1 Å². The van der Waals surface area contributed by atoms with Crippen molar-refractivity contribution < 1.29 is 27.9 Å². The molecule has 0 fully saturated rings. The minimum atomic E-state index is -3.55. The van der Waals surface area contributed by atoms with Gasteiger partial charge in [-0.25, -0.2) is 13.2 Å². The number of aliphatic hydroxyl groups is 1. The molecular formula is C24H32N4O6S. The number of para-hydroxylation sites is 1. The van der Waals surface area contributed by atoms with Gasteiger partial charge in [0.15, 0.2) is 0 Å². The lowest BCUT2D eigenvalue weighted by atomic mass is 9.99. The summed E-state index contributed by atoms with van der Waals surface area (Å²) in [6.07, 6.45) is 0.548. The maximum absolute atomic E-state index is 13.4. The van der Waals surface area contributed by atoms with Crippen LogP contribution in [0.4, 0.5) is 16.2 Å². The van der Waals surface area contributed by atoms with E-state index in [2.05, 4.69) is 10.0 Å². The van der Waals surface area contributed by atoms with Gasteiger partial charge in [0, 0.05) is 30.9 Å². The summed E-state index contributed by atoms with van der Waals surface area (Å²) in [5, 5.41) is 12.6. The minimum Gasteiger partial charge on any atom is -0.487 e. The van der Waals surface area contributed by atoms with E-state index < -0.39 is 22.2 Å². The summed E-state index contributed by atoms with van der Waals surface area (Å²) in [5.41, 5.74) is 1.07. The van der Waals surface area contributed by atoms with Gasteiger partial charge in [0.2, 0.25) is 10.0 Å². The van der Waals surface area contributed by atoms with Crippen LogP contribution < -0.4 is 14.8 Å². The smallest absolute Gasteiger partial charge is 0.321 e. The Hall–Kier alpha value is -3.31. The van der Waals surface area contributed by atoms with Crippen molar-refractivity contribution in [2.45, 2.75) is 26.0 Å². The van der Waals surface area contributed by atoms with E-state index in [1.54, 1.807) is 31.0 Å². The lowest BCUT2D eigenvalue weighted by Crippen LogP contribution is -2.50. The largest absolute Gasteiger partial charge is 0.487 e. The van der Waals surface area contributed by atoms with Crippen LogP contribution in [0.3, 0.4) is 0 Å². The Balaban J connectivity index is 1.89. The molecule has 0 saturated heterocycles. The number of amides is 3. The average Bonchev–Trinajstić information content (AvgIpc) is 2.80. The van der Waals surface area contributed by atoms with E-state index in [4.69, 9.17) is 4.74 Å². The van der Waals surface area contributed by atoms with E-state index >= 15 is 0 Å². The molecule has 3 amide bonds. The minimum absolute atomic E-state index is 0.173. The number of hydrogen-bond acceptors (Lipinski definition) is 6. The second-order valence-electron chi connectivity index (χ2n) is 8.88. The number of nitrogens with one attached hydrogen (secondary N) is 2. The summed E-state index contributed by atoms with van der Waals surface area (Å²) in [6, 6.07) is 12.8. The summed E-state index contributed by atoms with van der Waals surface area (Å²) < 4.78 is 32.0. The number of aliphatic hydroxyl groups excluding tert-OH is 1. The summed E-state index contributed by atoms with van der Waals surface area (Å²) in [7, 11) is -1.89. The fraction of sp³-hybridized carbons (Fsp3) is 0.417. The number of nitrogens with zero attached hydrogens (tertiary/aromatic N) is 2. The fourth-order valence-electron chi connectivity index (χ4n) is 3.81. The maximum atomic E-state index is 13.4. The highest BCUT2D eigenvalue weighted by Gasteiger charge is 2.34. The first-order chi connectivity index (χ1) is 16.5. The number of hydrogen-bond donors (Lipinski definition) is 3. The second kappa shape index (κ2) is 11.0. The molecule has 0 radical (unpaired) electrons. The quantitative estimate of drug-likeness (QED) is 0.531. The number of anilines is 2. The van der Waals surface area contributed by atoms with E-state index in [1.165, 1.54) is 23.1 Å². The summed E-state index contributed by atoms with van der Waals surface area (Å²) in [4.78, 5) is 29.2. The molecule has 1 heterocycles. The predicted molar refractivity (Wildman–Crippen MR) is 134 cm³/mol. The molecule has 2 aromatic carbocycles. The Labute approximate surface area is 205 Å². The predicted octanol–water partition coefficient (Wildman–Crippen LogP) is 2.44. The maximum Gasteiger partial charge on any atom is 0.321 e. The number of urea groups is 1. The fourth-order valence-corrected chi connectivity index (χ4v) is 4.37. The number of benzene rings is 2. The molecular weight excluding hydrogens is 472 g/mol. The van der Waals surface area contributed by atoms with Gasteiger partial charge in [0.1, 0.15) is 11.9 Å². The summed E-state index contributed by atoms with van der Waals surface area (Å²) >= 11 is 0. The Morgan fingerprint density at radius 1 is 1.23 bits per heavy atom. The third kappa shape index (κ3) is 6.86. The molecule has 0 spiro atoms. The van der Waals surface area contributed by atoms with Crippen LogP contribution in [0.5, 0.6) is 5.75 Å². The highest BCUT2D eigenvalue weighted by Crippen LogP contribution is 2.31. The topological polar surface area (TPSA) is 128 Å². The molecule has 1 aliphatic heterocycles. The van der Waals surface area contributed by atoms with Gasteiger partial charge in [0.05, 0.1) is 31.0 Å². The molecule has 3 atom stereocenters. The number of ether oxygens (including phenoxy) is 1. The number of likely N-dealkylation sites (N-methyl/N-ethyl adjacent to an activating group) is 1. The van der Waals surface area contributed by atoms with Crippen LogP contribution >= 0.6 is 0 Å². The first-order valence-electron chi connectivity index (χ1n) is 11.3. The molecule has 0 aromatic heterocycles. The lowest BCUT2D eigenvalue weighted by Gasteiger charge is -2.38. The summed E-state index contributed by atoms with van der Waals surface area (Å²) in [6.45, 7) is 3.93. The lowest BCUT2D eigenvalue weighted by molar-refractivity contribution is 0.0371. The average molecular weight is 505 g/mol. The molecule has 3 N–H and O–H groups in total. The van der Waals surface area contributed by atoms with Crippen LogP contribution in [0.15, 0.2) is 48.5 Å². The standard InChI is InChI=1S/C24H32N4O6S/c1-16-13-28(17(2)15-29)23(30)20-12-19(26-35(4,32)33)10-11-21(20)34-22(16)14-27(3)24(31)25-18-8-6-5-7-9-18/h5-12,16-17,22,26,29H,13-15H2,1-4H3,(H,25,31)/t16-,17+,22-/m0/s1. The molecule has 0 unspecified atom stereocenters. The Bertz CT molecular complexity index is 1160. The van der Waals surface area contributed by atoms with Crippen LogP contribution in [0.2, 0.25) is 0 Å². The van der Waals surface area contributed by atoms with E-state index in [9.17, 15) is 23.1 Å². The van der Waals surface area contributed by atoms with Crippen molar-refractivity contribution in [1.29, 1.82) is 0 Å². The van der Waals surface area contributed by atoms with Gasteiger partial charge >= 0.3 is 6.03 Å². The molecule has 1 aliphatic rings. The number of carbonyl (C=O) groups is 2. The zero-order chi connectivity index (χ0) is 25.8. The third-order valence-corrected chi connectivity index (χ3v) is 6.40. The van der Waals surface area contributed by atoms with Crippen LogP contribution in [0, 0.1) is 5.92 Å². The van der Waals surface area contributed by atoms with Gasteiger partial charge in [-0.15, -0.1) is 0 Å². The Morgan fingerprint density at radius 2 is 1.91 bits per heavy atom. The highest BCUT2D eigenvalue weighted by molar-refractivity contribution is 7.92. The molecule has 0 bridgehead atoms. The normalized spacial score (nSPS) is 19.0. The van der Waals surface area contributed by atoms with Crippen molar-refractivity contribution in [3.8, 4) is 5.75 Å². The van der Waals surface area contributed by atoms with Crippen molar-refractivity contribution in [1.82, 2.24) is 9.80 Å². The van der Waals surface area contributed by atoms with Gasteiger partial charge in [0.25, 0.3) is 5.91 Å². The highest BCUT2D eigenvalue weighted by atomic mass is 32.2. The molecule has 0 saturated carbocycles. The first-order valence-corrected chi connectivity index (χ1v) is 13.1. The summed E-state index contributed by atoms with van der Waals surface area (Å²) in [5.74, 6) is -0.279. The van der Waals surface area contributed by atoms with Crippen LogP contribution in [0.25, 0.3) is 0 Å². The molecule has 190 valence electrons. The Morgan fingerprint density at radius 3 is 2.54 bits per heavy atom. The van der Waals surface area contributed by atoms with Crippen LogP contribution in [0.1, 0.15) is 24.2 Å². The number of sulfonamides is 1. The Kier molecular flexibility index (Phi) is 8.23. The zero-order valence-corrected chi connectivity index (χ0v) is 21.1. The number of rotatable bonds is 7. The molecule has 0 aliphatic carbocycles.